The lowest BCUT2D eigenvalue weighted by atomic mass is 10.2. The van der Waals surface area contributed by atoms with E-state index in [9.17, 15) is 8.42 Å². The lowest BCUT2D eigenvalue weighted by Crippen LogP contribution is -2.19. The molecule has 6 nitrogen and oxygen atoms in total. The van der Waals surface area contributed by atoms with E-state index in [1.807, 2.05) is 61.9 Å². The first kappa shape index (κ1) is 18.8. The molecule has 27 heavy (non-hydrogen) atoms. The SMILES string of the molecule is Cc1ccc(C)c(S(=O)(=O)N/N=C/c2c(C)nn(-c3ccccc3)c2C)c1. The van der Waals surface area contributed by atoms with Gasteiger partial charge in [-0.25, -0.2) is 9.51 Å². The summed E-state index contributed by atoms with van der Waals surface area (Å²) in [5.74, 6) is 0. The highest BCUT2D eigenvalue weighted by molar-refractivity contribution is 7.89. The van der Waals surface area contributed by atoms with Crippen molar-refractivity contribution < 1.29 is 8.42 Å². The van der Waals surface area contributed by atoms with Gasteiger partial charge in [0.15, 0.2) is 0 Å². The molecule has 0 aliphatic rings. The Hall–Kier alpha value is -2.93. The molecule has 3 aromatic rings. The summed E-state index contributed by atoms with van der Waals surface area (Å²) in [6.45, 7) is 7.41. The van der Waals surface area contributed by atoms with Gasteiger partial charge in [-0.3, -0.25) is 0 Å². The third-order valence-corrected chi connectivity index (χ3v) is 5.71. The molecule has 0 spiro atoms. The van der Waals surface area contributed by atoms with E-state index in [-0.39, 0.29) is 4.90 Å². The van der Waals surface area contributed by atoms with Gasteiger partial charge < -0.3 is 0 Å². The smallest absolute Gasteiger partial charge is 0.237 e. The lowest BCUT2D eigenvalue weighted by molar-refractivity contribution is 0.584. The second kappa shape index (κ2) is 7.36. The summed E-state index contributed by atoms with van der Waals surface area (Å²) in [7, 11) is -3.73. The number of hydrogen-bond donors (Lipinski definition) is 1. The molecule has 0 bridgehead atoms. The fraction of sp³-hybridized carbons (Fsp3) is 0.200. The molecule has 0 radical (unpaired) electrons. The largest absolute Gasteiger partial charge is 0.276 e. The Morgan fingerprint density at radius 2 is 1.74 bits per heavy atom. The standard InChI is InChI=1S/C20H22N4O2S/c1-14-10-11-15(2)20(12-14)27(25,26)23-21-13-19-16(3)22-24(17(19)4)18-8-6-5-7-9-18/h5-13,23H,1-4H3/b21-13+. The van der Waals surface area contributed by atoms with Crippen LogP contribution in [0.1, 0.15) is 28.1 Å². The summed E-state index contributed by atoms with van der Waals surface area (Å²) in [5, 5.41) is 8.50. The second-order valence-corrected chi connectivity index (χ2v) is 8.08. The number of nitrogens with one attached hydrogen (secondary N) is 1. The molecule has 3 rings (SSSR count). The maximum Gasteiger partial charge on any atom is 0.276 e. The molecule has 0 unspecified atom stereocenters. The predicted octanol–water partition coefficient (Wildman–Crippen LogP) is 3.42. The Morgan fingerprint density at radius 1 is 1.04 bits per heavy atom. The van der Waals surface area contributed by atoms with Crippen LogP contribution in [0.15, 0.2) is 58.5 Å². The van der Waals surface area contributed by atoms with Gasteiger partial charge in [-0.05, 0) is 57.0 Å². The van der Waals surface area contributed by atoms with E-state index >= 15 is 0 Å². The maximum absolute atomic E-state index is 12.5. The molecule has 2 aromatic carbocycles. The van der Waals surface area contributed by atoms with E-state index in [0.717, 1.165) is 28.2 Å². The molecule has 7 heteroatoms. The van der Waals surface area contributed by atoms with Crippen molar-refractivity contribution in [2.75, 3.05) is 0 Å². The van der Waals surface area contributed by atoms with Crippen molar-refractivity contribution in [1.29, 1.82) is 0 Å². The van der Waals surface area contributed by atoms with Crippen molar-refractivity contribution >= 4 is 16.2 Å². The van der Waals surface area contributed by atoms with Gasteiger partial charge >= 0.3 is 0 Å². The number of aromatic nitrogens is 2. The van der Waals surface area contributed by atoms with Crippen LogP contribution >= 0.6 is 0 Å². The van der Waals surface area contributed by atoms with E-state index in [1.165, 1.54) is 6.21 Å². The summed E-state index contributed by atoms with van der Waals surface area (Å²) in [6.07, 6.45) is 1.50. The minimum Gasteiger partial charge on any atom is -0.237 e. The van der Waals surface area contributed by atoms with Crippen LogP contribution < -0.4 is 4.83 Å². The number of benzene rings is 2. The summed E-state index contributed by atoms with van der Waals surface area (Å²) >= 11 is 0. The highest BCUT2D eigenvalue weighted by Gasteiger charge is 2.16. The van der Waals surface area contributed by atoms with Gasteiger partial charge in [0, 0.05) is 5.56 Å². The normalized spacial score (nSPS) is 11.9. The van der Waals surface area contributed by atoms with Crippen molar-refractivity contribution in [2.24, 2.45) is 5.10 Å². The van der Waals surface area contributed by atoms with Crippen LogP contribution in [0.5, 0.6) is 0 Å². The second-order valence-electron chi connectivity index (χ2n) is 6.45. The van der Waals surface area contributed by atoms with Crippen molar-refractivity contribution in [3.63, 3.8) is 0 Å². The van der Waals surface area contributed by atoms with Gasteiger partial charge in [0.05, 0.1) is 28.2 Å². The van der Waals surface area contributed by atoms with E-state index < -0.39 is 10.0 Å². The Balaban J connectivity index is 1.87. The Morgan fingerprint density at radius 3 is 2.44 bits per heavy atom. The Kier molecular flexibility index (Phi) is 5.14. The average Bonchev–Trinajstić information content (AvgIpc) is 2.92. The molecule has 1 N–H and O–H groups in total. The zero-order chi connectivity index (χ0) is 19.6. The van der Waals surface area contributed by atoms with Crippen LogP contribution in [0.3, 0.4) is 0 Å². The topological polar surface area (TPSA) is 76.3 Å². The zero-order valence-corrected chi connectivity index (χ0v) is 16.6. The number of sulfonamides is 1. The van der Waals surface area contributed by atoms with Crippen LogP contribution in [-0.4, -0.2) is 24.4 Å². The lowest BCUT2D eigenvalue weighted by Gasteiger charge is -2.07. The average molecular weight is 382 g/mol. The van der Waals surface area contributed by atoms with Crippen LogP contribution in [0.2, 0.25) is 0 Å². The summed E-state index contributed by atoms with van der Waals surface area (Å²) in [6, 6.07) is 15.0. The highest BCUT2D eigenvalue weighted by Crippen LogP contribution is 2.18. The fourth-order valence-electron chi connectivity index (χ4n) is 2.87. The molecular formula is C20H22N4O2S. The first-order chi connectivity index (χ1) is 12.8. The molecule has 0 aliphatic carbocycles. The van der Waals surface area contributed by atoms with E-state index in [4.69, 9.17) is 0 Å². The number of nitrogens with zero attached hydrogens (tertiary/aromatic N) is 3. The minimum atomic E-state index is -3.73. The first-order valence-corrected chi connectivity index (χ1v) is 10.0. The molecule has 140 valence electrons. The van der Waals surface area contributed by atoms with Gasteiger partial charge in [0.1, 0.15) is 0 Å². The molecule has 0 amide bonds. The third-order valence-electron chi connectivity index (χ3n) is 4.35. The van der Waals surface area contributed by atoms with E-state index in [0.29, 0.717) is 5.56 Å². The van der Waals surface area contributed by atoms with Crippen LogP contribution in [0, 0.1) is 27.7 Å². The minimum absolute atomic E-state index is 0.230. The number of hydrogen-bond acceptors (Lipinski definition) is 4. The van der Waals surface area contributed by atoms with Crippen molar-refractivity contribution in [3.8, 4) is 5.69 Å². The van der Waals surface area contributed by atoms with Crippen LogP contribution in [0.4, 0.5) is 0 Å². The van der Waals surface area contributed by atoms with Gasteiger partial charge in [-0.1, -0.05) is 30.3 Å². The molecule has 0 saturated carbocycles. The Labute approximate surface area is 159 Å². The molecular weight excluding hydrogens is 360 g/mol. The summed E-state index contributed by atoms with van der Waals surface area (Å²) < 4.78 is 26.9. The highest BCUT2D eigenvalue weighted by atomic mass is 32.2. The quantitative estimate of drug-likeness (QED) is 0.543. The monoisotopic (exact) mass is 382 g/mol. The summed E-state index contributed by atoms with van der Waals surface area (Å²) in [4.78, 5) is 2.53. The van der Waals surface area contributed by atoms with Crippen molar-refractivity contribution in [2.45, 2.75) is 32.6 Å². The molecule has 1 aromatic heterocycles. The van der Waals surface area contributed by atoms with E-state index in [2.05, 4.69) is 15.0 Å². The molecule has 0 fully saturated rings. The number of aryl methyl sites for hydroxylation is 3. The number of rotatable bonds is 5. The third kappa shape index (κ3) is 3.93. The zero-order valence-electron chi connectivity index (χ0n) is 15.8. The number of para-hydroxylation sites is 1. The molecule has 0 aliphatic heterocycles. The van der Waals surface area contributed by atoms with Crippen LogP contribution in [-0.2, 0) is 10.0 Å². The number of hydrazone groups is 1. The maximum atomic E-state index is 12.5. The van der Waals surface area contributed by atoms with Gasteiger partial charge in [-0.2, -0.15) is 18.6 Å². The Bertz CT molecular complexity index is 1100. The van der Waals surface area contributed by atoms with E-state index in [1.54, 1.807) is 19.1 Å². The van der Waals surface area contributed by atoms with Crippen molar-refractivity contribution in [3.05, 3.63) is 76.6 Å². The van der Waals surface area contributed by atoms with Gasteiger partial charge in [0.25, 0.3) is 10.0 Å². The molecule has 0 saturated heterocycles. The first-order valence-electron chi connectivity index (χ1n) is 8.53. The van der Waals surface area contributed by atoms with Gasteiger partial charge in [0.2, 0.25) is 0 Å². The van der Waals surface area contributed by atoms with Crippen molar-refractivity contribution in [1.82, 2.24) is 14.6 Å². The molecule has 0 atom stereocenters. The summed E-state index contributed by atoms with van der Waals surface area (Å²) in [5.41, 5.74) is 4.92. The molecule has 1 heterocycles. The van der Waals surface area contributed by atoms with Gasteiger partial charge in [-0.15, -0.1) is 0 Å². The fourth-order valence-corrected chi connectivity index (χ4v) is 3.99. The predicted molar refractivity (Wildman–Crippen MR) is 107 cm³/mol. The van der Waals surface area contributed by atoms with Crippen LogP contribution in [0.25, 0.3) is 5.69 Å².